The van der Waals surface area contributed by atoms with Crippen LogP contribution in [-0.2, 0) is 0 Å². The second-order valence-corrected chi connectivity index (χ2v) is 13.7. The molecule has 13 aromatic rings. The Hall–Kier alpha value is -6.58. The Balaban J connectivity index is 1.29. The molecule has 0 amide bonds. The number of aromatic nitrogens is 3. The monoisotopic (exact) mass is 619 g/mol. The minimum atomic E-state index is 1.18. The molecule has 0 aliphatic heterocycles. The Bertz CT molecular complexity index is 3540. The highest BCUT2D eigenvalue weighted by atomic mass is 15.0. The second-order valence-electron chi connectivity index (χ2n) is 13.7. The maximum Gasteiger partial charge on any atom is 0.0627 e. The molecule has 13 rings (SSSR count). The lowest BCUT2D eigenvalue weighted by Crippen LogP contribution is -1.92. The lowest BCUT2D eigenvalue weighted by molar-refractivity contribution is 1.18. The van der Waals surface area contributed by atoms with Crippen LogP contribution in [-0.4, -0.2) is 13.4 Å². The van der Waals surface area contributed by atoms with Gasteiger partial charge < -0.3 is 13.4 Å². The highest BCUT2D eigenvalue weighted by Crippen LogP contribution is 2.48. The van der Waals surface area contributed by atoms with Crippen molar-refractivity contribution in [3.05, 3.63) is 152 Å². The molecule has 0 saturated heterocycles. The van der Waals surface area contributed by atoms with E-state index in [0.29, 0.717) is 0 Å². The third-order valence-electron chi connectivity index (χ3n) is 11.4. The van der Waals surface area contributed by atoms with Gasteiger partial charge in [0.1, 0.15) is 0 Å². The zero-order chi connectivity index (χ0) is 31.5. The average Bonchev–Trinajstić information content (AvgIpc) is 3.93. The van der Waals surface area contributed by atoms with Crippen LogP contribution in [0.15, 0.2) is 152 Å². The molecule has 3 heteroatoms. The highest BCUT2D eigenvalue weighted by Gasteiger charge is 2.25. The Morgan fingerprint density at radius 2 is 0.857 bits per heavy atom. The SMILES string of the molecule is c1ccc(-n2c3ccccc3c3cc4c(cc32)c2cc3ccccc3c3c5cc6c7cccc8c9ccccc9n(c6cc5n4c23)c87)cc1. The van der Waals surface area contributed by atoms with Gasteiger partial charge in [-0.3, -0.25) is 0 Å². The molecular weight excluding hydrogens is 595 g/mol. The number of rotatable bonds is 1. The van der Waals surface area contributed by atoms with Gasteiger partial charge in [-0.05, 0) is 65.4 Å². The lowest BCUT2D eigenvalue weighted by Gasteiger charge is -2.08. The predicted octanol–water partition coefficient (Wildman–Crippen LogP) is 12.2. The molecule has 0 aliphatic carbocycles. The van der Waals surface area contributed by atoms with E-state index in [4.69, 9.17) is 0 Å². The number of hydrogen-bond donors (Lipinski definition) is 0. The number of fused-ring (bicyclic) bond motifs is 17. The first-order valence-corrected chi connectivity index (χ1v) is 17.0. The van der Waals surface area contributed by atoms with E-state index in [0.717, 1.165) is 0 Å². The van der Waals surface area contributed by atoms with Crippen molar-refractivity contribution in [2.24, 2.45) is 0 Å². The summed E-state index contributed by atoms with van der Waals surface area (Å²) in [5.41, 5.74) is 11.3. The average molecular weight is 620 g/mol. The lowest BCUT2D eigenvalue weighted by atomic mass is 9.99. The molecule has 0 aliphatic rings. The van der Waals surface area contributed by atoms with E-state index >= 15 is 0 Å². The molecule has 224 valence electrons. The van der Waals surface area contributed by atoms with Crippen molar-refractivity contribution in [3.8, 4) is 5.69 Å². The van der Waals surface area contributed by atoms with Crippen molar-refractivity contribution >= 4 is 109 Å². The second kappa shape index (κ2) is 8.28. The van der Waals surface area contributed by atoms with Gasteiger partial charge in [0.25, 0.3) is 0 Å². The first-order chi connectivity index (χ1) is 24.3. The van der Waals surface area contributed by atoms with Gasteiger partial charge in [-0.15, -0.1) is 0 Å². The number of hydrogen-bond acceptors (Lipinski definition) is 0. The number of para-hydroxylation sites is 4. The Morgan fingerprint density at radius 3 is 1.71 bits per heavy atom. The zero-order valence-corrected chi connectivity index (χ0v) is 26.3. The van der Waals surface area contributed by atoms with Gasteiger partial charge in [0.15, 0.2) is 0 Å². The first kappa shape index (κ1) is 24.6. The first-order valence-electron chi connectivity index (χ1n) is 17.0. The van der Waals surface area contributed by atoms with E-state index in [1.54, 1.807) is 0 Å². The van der Waals surface area contributed by atoms with Gasteiger partial charge in [0.05, 0.1) is 44.1 Å². The third kappa shape index (κ3) is 2.77. The molecule has 49 heavy (non-hydrogen) atoms. The number of nitrogens with zero attached hydrogens (tertiary/aromatic N) is 3. The van der Waals surface area contributed by atoms with Crippen LogP contribution in [0, 0.1) is 0 Å². The molecule has 0 saturated carbocycles. The van der Waals surface area contributed by atoms with Gasteiger partial charge in [-0.1, -0.05) is 97.1 Å². The van der Waals surface area contributed by atoms with Crippen LogP contribution in [0.3, 0.4) is 0 Å². The highest BCUT2D eigenvalue weighted by molar-refractivity contribution is 6.35. The molecule has 0 radical (unpaired) electrons. The molecule has 5 heterocycles. The van der Waals surface area contributed by atoms with Gasteiger partial charge in [-0.25, -0.2) is 0 Å². The third-order valence-corrected chi connectivity index (χ3v) is 11.4. The standard InChI is InChI=1S/C46H25N3/c1-2-12-27(13-3-1)47-38-19-8-7-16-30(38)34-23-41-35(24-40(34)47)36-21-26-11-4-5-14-28(26)44-37-22-33-32-18-10-17-31-29-15-6-9-20-39(29)48(45(31)32)42(33)25-43(37)49(41)46(36)44/h1-25H. The Morgan fingerprint density at radius 1 is 0.286 bits per heavy atom. The van der Waals surface area contributed by atoms with E-state index in [2.05, 4.69) is 165 Å². The van der Waals surface area contributed by atoms with Crippen LogP contribution >= 0.6 is 0 Å². The summed E-state index contributed by atoms with van der Waals surface area (Å²) in [6.45, 7) is 0. The van der Waals surface area contributed by atoms with E-state index in [9.17, 15) is 0 Å². The summed E-state index contributed by atoms with van der Waals surface area (Å²) in [5, 5.41) is 15.7. The maximum atomic E-state index is 2.57. The van der Waals surface area contributed by atoms with Crippen molar-refractivity contribution in [1.29, 1.82) is 0 Å². The van der Waals surface area contributed by atoms with Gasteiger partial charge in [0, 0.05) is 59.5 Å². The number of benzene rings is 8. The van der Waals surface area contributed by atoms with Crippen molar-refractivity contribution in [2.45, 2.75) is 0 Å². The summed E-state index contributed by atoms with van der Waals surface area (Å²) < 4.78 is 7.51. The van der Waals surface area contributed by atoms with Crippen LogP contribution in [0.5, 0.6) is 0 Å². The summed E-state index contributed by atoms with van der Waals surface area (Å²) >= 11 is 0. The van der Waals surface area contributed by atoms with E-state index in [-0.39, 0.29) is 0 Å². The summed E-state index contributed by atoms with van der Waals surface area (Å²) in [7, 11) is 0. The largest absolute Gasteiger partial charge is 0.309 e. The molecule has 0 fully saturated rings. The fraction of sp³-hybridized carbons (Fsp3) is 0. The fourth-order valence-electron chi connectivity index (χ4n) is 9.53. The molecule has 5 aromatic heterocycles. The minimum absolute atomic E-state index is 1.18. The minimum Gasteiger partial charge on any atom is -0.309 e. The van der Waals surface area contributed by atoms with Crippen molar-refractivity contribution in [2.75, 3.05) is 0 Å². The van der Waals surface area contributed by atoms with E-state index in [1.807, 2.05) is 0 Å². The van der Waals surface area contributed by atoms with E-state index in [1.165, 1.54) is 114 Å². The van der Waals surface area contributed by atoms with Crippen LogP contribution in [0.1, 0.15) is 0 Å². The van der Waals surface area contributed by atoms with Gasteiger partial charge in [0.2, 0.25) is 0 Å². The van der Waals surface area contributed by atoms with Crippen molar-refractivity contribution in [3.63, 3.8) is 0 Å². The van der Waals surface area contributed by atoms with Crippen molar-refractivity contribution < 1.29 is 0 Å². The van der Waals surface area contributed by atoms with Crippen LogP contribution in [0.25, 0.3) is 114 Å². The van der Waals surface area contributed by atoms with Gasteiger partial charge >= 0.3 is 0 Å². The quantitative estimate of drug-likeness (QED) is 0.174. The Labute approximate surface area is 278 Å². The van der Waals surface area contributed by atoms with Crippen LogP contribution < -0.4 is 0 Å². The predicted molar refractivity (Wildman–Crippen MR) is 208 cm³/mol. The molecule has 0 bridgehead atoms. The van der Waals surface area contributed by atoms with Gasteiger partial charge in [-0.2, -0.15) is 0 Å². The summed E-state index contributed by atoms with van der Waals surface area (Å²) in [4.78, 5) is 0. The van der Waals surface area contributed by atoms with Crippen LogP contribution in [0.4, 0.5) is 0 Å². The summed E-state index contributed by atoms with van der Waals surface area (Å²) in [6, 6.07) is 56.5. The van der Waals surface area contributed by atoms with Crippen molar-refractivity contribution in [1.82, 2.24) is 13.4 Å². The molecule has 8 aromatic carbocycles. The normalized spacial score (nSPS) is 12.9. The smallest absolute Gasteiger partial charge is 0.0627 e. The summed E-state index contributed by atoms with van der Waals surface area (Å²) in [6.07, 6.45) is 0. The molecule has 0 N–H and O–H groups in total. The molecule has 0 spiro atoms. The molecule has 3 nitrogen and oxygen atoms in total. The topological polar surface area (TPSA) is 13.8 Å². The molecular formula is C46H25N3. The molecule has 0 unspecified atom stereocenters. The zero-order valence-electron chi connectivity index (χ0n) is 26.3. The van der Waals surface area contributed by atoms with E-state index < -0.39 is 0 Å². The van der Waals surface area contributed by atoms with Crippen LogP contribution in [0.2, 0.25) is 0 Å². The maximum absolute atomic E-state index is 2.57. The Kier molecular flexibility index (Phi) is 4.15. The molecule has 0 atom stereocenters. The summed E-state index contributed by atoms with van der Waals surface area (Å²) in [5.74, 6) is 0. The fourth-order valence-corrected chi connectivity index (χ4v) is 9.53.